The van der Waals surface area contributed by atoms with Crippen LogP contribution in [0.15, 0.2) is 72.9 Å². The summed E-state index contributed by atoms with van der Waals surface area (Å²) in [5, 5.41) is 23.1. The van der Waals surface area contributed by atoms with Gasteiger partial charge in [0.15, 0.2) is 0 Å². The first-order chi connectivity index (χ1) is 30.2. The van der Waals surface area contributed by atoms with Gasteiger partial charge < -0.3 is 15.5 Å². The molecule has 0 aromatic carbocycles. The molecule has 1 amide bonds. The van der Waals surface area contributed by atoms with E-state index in [9.17, 15) is 15.0 Å². The lowest BCUT2D eigenvalue weighted by Crippen LogP contribution is -2.45. The first-order valence-electron chi connectivity index (χ1n) is 26.7. The molecule has 0 aliphatic carbocycles. The smallest absolute Gasteiger partial charge is 0.220 e. The summed E-state index contributed by atoms with van der Waals surface area (Å²) in [6, 6.07) is -0.657. The average molecular weight is 850 g/mol. The van der Waals surface area contributed by atoms with Crippen LogP contribution < -0.4 is 5.32 Å². The van der Waals surface area contributed by atoms with Gasteiger partial charge in [0.05, 0.1) is 18.8 Å². The Morgan fingerprint density at radius 3 is 1.15 bits per heavy atom. The van der Waals surface area contributed by atoms with Crippen molar-refractivity contribution in [2.45, 2.75) is 276 Å². The second-order valence-corrected chi connectivity index (χ2v) is 17.9. The fourth-order valence-electron chi connectivity index (χ4n) is 7.89. The van der Waals surface area contributed by atoms with Crippen LogP contribution in [0.1, 0.15) is 264 Å². The maximum Gasteiger partial charge on any atom is 0.220 e. The molecule has 0 radical (unpaired) electrons. The predicted molar refractivity (Wildman–Crippen MR) is 271 cm³/mol. The van der Waals surface area contributed by atoms with Crippen LogP contribution in [0.4, 0.5) is 0 Å². The van der Waals surface area contributed by atoms with Crippen molar-refractivity contribution in [1.29, 1.82) is 0 Å². The third-order valence-corrected chi connectivity index (χ3v) is 11.9. The van der Waals surface area contributed by atoms with E-state index in [4.69, 9.17) is 0 Å². The number of nitrogens with one attached hydrogen (secondary N) is 1. The van der Waals surface area contributed by atoms with Crippen molar-refractivity contribution in [3.8, 4) is 0 Å². The average Bonchev–Trinajstić information content (AvgIpc) is 3.26. The summed E-state index contributed by atoms with van der Waals surface area (Å²) >= 11 is 0. The summed E-state index contributed by atoms with van der Waals surface area (Å²) in [4.78, 5) is 12.4. The van der Waals surface area contributed by atoms with Crippen molar-refractivity contribution >= 4 is 5.91 Å². The number of unbranched alkanes of at least 4 members (excludes halogenated alkanes) is 31. The van der Waals surface area contributed by atoms with Gasteiger partial charge >= 0.3 is 0 Å². The van der Waals surface area contributed by atoms with Crippen LogP contribution in [0.3, 0.4) is 0 Å². The van der Waals surface area contributed by atoms with Gasteiger partial charge in [-0.1, -0.05) is 260 Å². The Balaban J connectivity index is 3.54. The van der Waals surface area contributed by atoms with Crippen molar-refractivity contribution < 1.29 is 15.0 Å². The van der Waals surface area contributed by atoms with Crippen LogP contribution in [0.2, 0.25) is 0 Å². The zero-order chi connectivity index (χ0) is 44.2. The predicted octanol–water partition coefficient (Wildman–Crippen LogP) is 17.4. The Hall–Kier alpha value is -2.17. The van der Waals surface area contributed by atoms with Crippen LogP contribution in [-0.4, -0.2) is 34.9 Å². The molecule has 4 nitrogen and oxygen atoms in total. The highest BCUT2D eigenvalue weighted by atomic mass is 16.3. The van der Waals surface area contributed by atoms with Gasteiger partial charge in [0, 0.05) is 6.42 Å². The first kappa shape index (κ1) is 58.8. The maximum atomic E-state index is 12.4. The van der Waals surface area contributed by atoms with Crippen LogP contribution in [0.25, 0.3) is 0 Å². The molecule has 0 heterocycles. The van der Waals surface area contributed by atoms with Crippen molar-refractivity contribution in [3.63, 3.8) is 0 Å². The summed E-state index contributed by atoms with van der Waals surface area (Å²) in [6.45, 7) is 4.18. The van der Waals surface area contributed by atoms with E-state index >= 15 is 0 Å². The number of hydrogen-bond donors (Lipinski definition) is 3. The van der Waals surface area contributed by atoms with Crippen molar-refractivity contribution in [1.82, 2.24) is 5.32 Å². The molecular formula is C57H103NO3. The lowest BCUT2D eigenvalue weighted by atomic mass is 10.0. The molecule has 0 aliphatic rings. The van der Waals surface area contributed by atoms with Crippen LogP contribution in [-0.2, 0) is 4.79 Å². The van der Waals surface area contributed by atoms with E-state index in [0.717, 1.165) is 77.0 Å². The van der Waals surface area contributed by atoms with E-state index in [-0.39, 0.29) is 12.5 Å². The molecule has 2 unspecified atom stereocenters. The molecular weight excluding hydrogens is 747 g/mol. The van der Waals surface area contributed by atoms with Crippen LogP contribution in [0, 0.1) is 0 Å². The fourth-order valence-corrected chi connectivity index (χ4v) is 7.89. The number of aliphatic hydroxyl groups excluding tert-OH is 2. The molecule has 0 saturated heterocycles. The summed E-state index contributed by atoms with van der Waals surface area (Å²) in [5.74, 6) is -0.0978. The monoisotopic (exact) mass is 850 g/mol. The highest BCUT2D eigenvalue weighted by molar-refractivity contribution is 5.76. The Bertz CT molecular complexity index is 1050. The molecule has 354 valence electrons. The van der Waals surface area contributed by atoms with Gasteiger partial charge in [-0.05, 0) is 70.6 Å². The van der Waals surface area contributed by atoms with Crippen LogP contribution >= 0.6 is 0 Å². The lowest BCUT2D eigenvalue weighted by molar-refractivity contribution is -0.123. The molecule has 2 atom stereocenters. The fraction of sp³-hybridized carbons (Fsp3) is 0.772. The van der Waals surface area contributed by atoms with Gasteiger partial charge in [-0.2, -0.15) is 0 Å². The minimum Gasteiger partial charge on any atom is -0.394 e. The first-order valence-corrected chi connectivity index (χ1v) is 26.7. The van der Waals surface area contributed by atoms with Gasteiger partial charge in [0.1, 0.15) is 0 Å². The Morgan fingerprint density at radius 2 is 0.738 bits per heavy atom. The van der Waals surface area contributed by atoms with Gasteiger partial charge in [-0.25, -0.2) is 0 Å². The molecule has 0 aliphatic heterocycles. The van der Waals surface area contributed by atoms with E-state index in [1.165, 1.54) is 167 Å². The number of allylic oxidation sites excluding steroid dienone is 11. The second-order valence-electron chi connectivity index (χ2n) is 17.9. The number of hydrogen-bond acceptors (Lipinski definition) is 3. The summed E-state index contributed by atoms with van der Waals surface area (Å²) in [6.07, 6.45) is 74.9. The maximum absolute atomic E-state index is 12.4. The molecule has 0 aromatic heterocycles. The van der Waals surface area contributed by atoms with Crippen molar-refractivity contribution in [3.05, 3.63) is 72.9 Å². The van der Waals surface area contributed by atoms with Crippen molar-refractivity contribution in [2.24, 2.45) is 0 Å². The highest BCUT2D eigenvalue weighted by Crippen LogP contribution is 2.16. The quantitative estimate of drug-likeness (QED) is 0.0422. The number of aliphatic hydroxyl groups is 2. The normalized spacial score (nSPS) is 13.4. The molecule has 0 saturated carbocycles. The Morgan fingerprint density at radius 1 is 0.410 bits per heavy atom. The minimum atomic E-state index is -0.877. The highest BCUT2D eigenvalue weighted by Gasteiger charge is 2.17. The third-order valence-electron chi connectivity index (χ3n) is 11.9. The SMILES string of the molecule is CC/C=C\C/C=C\C/C=C\C/C=C\CCCCCCC(=O)NC(CO)C(O)/C=C/CC/C=C/CCCCCCCCCCCCCCCCCCCCCCCCCCCC. The number of rotatable bonds is 48. The van der Waals surface area contributed by atoms with Gasteiger partial charge in [-0.15, -0.1) is 0 Å². The zero-order valence-corrected chi connectivity index (χ0v) is 40.7. The molecule has 0 bridgehead atoms. The summed E-state index contributed by atoms with van der Waals surface area (Å²) < 4.78 is 0. The Kier molecular flexibility index (Phi) is 50.3. The van der Waals surface area contributed by atoms with E-state index in [0.29, 0.717) is 6.42 Å². The van der Waals surface area contributed by atoms with E-state index < -0.39 is 12.1 Å². The number of amides is 1. The van der Waals surface area contributed by atoms with Gasteiger partial charge in [0.2, 0.25) is 5.91 Å². The van der Waals surface area contributed by atoms with Crippen LogP contribution in [0.5, 0.6) is 0 Å². The van der Waals surface area contributed by atoms with E-state index in [1.54, 1.807) is 6.08 Å². The van der Waals surface area contributed by atoms with Gasteiger partial charge in [-0.3, -0.25) is 4.79 Å². The lowest BCUT2D eigenvalue weighted by Gasteiger charge is -2.19. The van der Waals surface area contributed by atoms with Crippen molar-refractivity contribution in [2.75, 3.05) is 6.61 Å². The molecule has 0 fully saturated rings. The molecule has 0 aromatic rings. The topological polar surface area (TPSA) is 69.6 Å². The molecule has 4 heteroatoms. The zero-order valence-electron chi connectivity index (χ0n) is 40.7. The molecule has 3 N–H and O–H groups in total. The minimum absolute atomic E-state index is 0.0978. The Labute approximate surface area is 380 Å². The number of carbonyl (C=O) groups excluding carboxylic acids is 1. The largest absolute Gasteiger partial charge is 0.394 e. The number of carbonyl (C=O) groups is 1. The summed E-state index contributed by atoms with van der Waals surface area (Å²) in [5.41, 5.74) is 0. The summed E-state index contributed by atoms with van der Waals surface area (Å²) in [7, 11) is 0. The van der Waals surface area contributed by atoms with E-state index in [1.807, 2.05) is 6.08 Å². The molecule has 0 rings (SSSR count). The van der Waals surface area contributed by atoms with E-state index in [2.05, 4.69) is 79.9 Å². The molecule has 0 spiro atoms. The van der Waals surface area contributed by atoms with Gasteiger partial charge in [0.25, 0.3) is 0 Å². The third kappa shape index (κ3) is 48.7. The molecule has 61 heavy (non-hydrogen) atoms. The second kappa shape index (κ2) is 52.2. The standard InChI is InChI=1S/C57H103NO3/c1-3-5-7-9-11-13-15-17-19-21-22-23-24-25-26-27-28-29-30-31-32-33-34-35-37-38-40-42-44-46-48-50-52-56(60)55(54-59)58-57(61)53-51-49-47-45-43-41-39-36-20-18-16-14-12-10-8-6-4-2/h6,8,12,14,18,20,39,41-42,44,50,52,55-56,59-60H,3-5,7,9-11,13,15-17,19,21-38,40,43,45-49,51,53-54H2,1-2H3,(H,58,61)/b8-6-,14-12-,20-18-,41-39-,44-42+,52-50+.